The minimum absolute atomic E-state index is 0.180. The second-order valence-corrected chi connectivity index (χ2v) is 12.4. The molecule has 0 bridgehead atoms. The van der Waals surface area contributed by atoms with Gasteiger partial charge in [-0.1, -0.05) is 25.7 Å². The van der Waals surface area contributed by atoms with E-state index in [-0.39, 0.29) is 5.75 Å². The number of nitrogens with zero attached hydrogens (tertiary/aromatic N) is 1. The van der Waals surface area contributed by atoms with Gasteiger partial charge in [-0.2, -0.15) is 0 Å². The van der Waals surface area contributed by atoms with Crippen molar-refractivity contribution in [2.24, 2.45) is 0 Å². The SMILES string of the molecule is C[Si](C)(C)CCS(=O)(=O)Nc1ccccn1. The second-order valence-electron chi connectivity index (χ2n) is 4.95. The van der Waals surface area contributed by atoms with Crippen LogP contribution in [0.1, 0.15) is 0 Å². The van der Waals surface area contributed by atoms with Gasteiger partial charge in [-0.25, -0.2) is 13.4 Å². The molecule has 1 N–H and O–H groups in total. The van der Waals surface area contributed by atoms with Gasteiger partial charge < -0.3 is 0 Å². The summed E-state index contributed by atoms with van der Waals surface area (Å²) in [5.74, 6) is 0.567. The molecule has 0 fully saturated rings. The fraction of sp³-hybridized carbons (Fsp3) is 0.500. The second kappa shape index (κ2) is 4.97. The van der Waals surface area contributed by atoms with E-state index in [0.717, 1.165) is 6.04 Å². The Balaban J connectivity index is 2.60. The minimum atomic E-state index is -3.25. The van der Waals surface area contributed by atoms with Crippen LogP contribution in [0.2, 0.25) is 25.7 Å². The molecule has 0 aromatic carbocycles. The van der Waals surface area contributed by atoms with Crippen molar-refractivity contribution >= 4 is 23.9 Å². The Hall–Kier alpha value is -0.883. The predicted octanol–water partition coefficient (Wildman–Crippen LogP) is 2.16. The molecule has 0 aliphatic heterocycles. The lowest BCUT2D eigenvalue weighted by Gasteiger charge is -2.15. The maximum atomic E-state index is 11.7. The van der Waals surface area contributed by atoms with Gasteiger partial charge in [-0.05, 0) is 18.2 Å². The summed E-state index contributed by atoms with van der Waals surface area (Å²) in [4.78, 5) is 3.93. The third-order valence-electron chi connectivity index (χ3n) is 2.05. The zero-order chi connectivity index (χ0) is 12.2. The van der Waals surface area contributed by atoms with E-state index in [1.807, 2.05) is 0 Å². The van der Waals surface area contributed by atoms with Crippen molar-refractivity contribution in [1.29, 1.82) is 0 Å². The number of aromatic nitrogens is 1. The van der Waals surface area contributed by atoms with Gasteiger partial charge >= 0.3 is 0 Å². The Kier molecular flexibility index (Phi) is 4.09. The van der Waals surface area contributed by atoms with Crippen molar-refractivity contribution in [2.45, 2.75) is 25.7 Å². The van der Waals surface area contributed by atoms with Crippen LogP contribution in [0.4, 0.5) is 5.82 Å². The van der Waals surface area contributed by atoms with Crippen molar-refractivity contribution in [3.05, 3.63) is 24.4 Å². The van der Waals surface area contributed by atoms with Crippen molar-refractivity contribution < 1.29 is 8.42 Å². The lowest BCUT2D eigenvalue weighted by molar-refractivity contribution is 0.602. The Labute approximate surface area is 98.2 Å². The van der Waals surface area contributed by atoms with Crippen LogP contribution in [-0.4, -0.2) is 27.2 Å². The Morgan fingerprint density at radius 3 is 2.50 bits per heavy atom. The number of hydrogen-bond acceptors (Lipinski definition) is 3. The first-order valence-electron chi connectivity index (χ1n) is 5.20. The van der Waals surface area contributed by atoms with E-state index in [0.29, 0.717) is 5.82 Å². The maximum absolute atomic E-state index is 11.7. The molecule has 1 aromatic rings. The Morgan fingerprint density at radius 1 is 1.31 bits per heavy atom. The number of nitrogens with one attached hydrogen (secondary N) is 1. The quantitative estimate of drug-likeness (QED) is 0.823. The van der Waals surface area contributed by atoms with Gasteiger partial charge in [0.05, 0.1) is 5.75 Å². The van der Waals surface area contributed by atoms with E-state index in [4.69, 9.17) is 0 Å². The first-order valence-corrected chi connectivity index (χ1v) is 10.6. The van der Waals surface area contributed by atoms with E-state index in [1.54, 1.807) is 24.4 Å². The minimum Gasteiger partial charge on any atom is -0.267 e. The third kappa shape index (κ3) is 5.27. The molecule has 4 nitrogen and oxygen atoms in total. The Bertz CT molecular complexity index is 426. The first-order chi connectivity index (χ1) is 7.29. The first kappa shape index (κ1) is 13.2. The van der Waals surface area contributed by atoms with Crippen molar-refractivity contribution in [1.82, 2.24) is 4.98 Å². The smallest absolute Gasteiger partial charge is 0.233 e. The molecule has 0 aliphatic carbocycles. The van der Waals surface area contributed by atoms with Crippen LogP contribution in [0.15, 0.2) is 24.4 Å². The van der Waals surface area contributed by atoms with Crippen molar-refractivity contribution in [3.8, 4) is 0 Å². The van der Waals surface area contributed by atoms with Crippen LogP contribution >= 0.6 is 0 Å². The number of rotatable bonds is 5. The van der Waals surface area contributed by atoms with Gasteiger partial charge in [0.25, 0.3) is 0 Å². The fourth-order valence-corrected chi connectivity index (χ4v) is 5.14. The standard InChI is InChI=1S/C10H18N2O2SSi/c1-16(2,3)9-8-15(13,14)12-10-6-4-5-7-11-10/h4-7H,8-9H2,1-3H3,(H,11,12). The highest BCUT2D eigenvalue weighted by Gasteiger charge is 2.18. The zero-order valence-electron chi connectivity index (χ0n) is 9.90. The number of hydrogen-bond donors (Lipinski definition) is 1. The molecule has 16 heavy (non-hydrogen) atoms. The van der Waals surface area contributed by atoms with E-state index in [9.17, 15) is 8.42 Å². The van der Waals surface area contributed by atoms with Crippen LogP contribution in [0.25, 0.3) is 0 Å². The molecule has 0 spiro atoms. The highest BCUT2D eigenvalue weighted by atomic mass is 32.2. The maximum Gasteiger partial charge on any atom is 0.233 e. The molecule has 0 unspecified atom stereocenters. The number of pyridine rings is 1. The van der Waals surface area contributed by atoms with E-state index >= 15 is 0 Å². The van der Waals surface area contributed by atoms with Crippen molar-refractivity contribution in [2.75, 3.05) is 10.5 Å². The predicted molar refractivity (Wildman–Crippen MR) is 69.8 cm³/mol. The van der Waals surface area contributed by atoms with Gasteiger partial charge in [0, 0.05) is 14.3 Å². The summed E-state index contributed by atoms with van der Waals surface area (Å²) in [6.45, 7) is 6.47. The molecule has 0 radical (unpaired) electrons. The lowest BCUT2D eigenvalue weighted by atomic mass is 10.5. The van der Waals surface area contributed by atoms with E-state index < -0.39 is 18.1 Å². The number of sulfonamides is 1. The molecule has 0 atom stereocenters. The van der Waals surface area contributed by atoms with Crippen LogP contribution in [0.3, 0.4) is 0 Å². The average molecular weight is 258 g/mol. The lowest BCUT2D eigenvalue weighted by Crippen LogP contribution is -2.26. The highest BCUT2D eigenvalue weighted by molar-refractivity contribution is 7.92. The molecular weight excluding hydrogens is 240 g/mol. The molecule has 0 saturated carbocycles. The van der Waals surface area contributed by atoms with Gasteiger partial charge in [-0.3, -0.25) is 4.72 Å². The van der Waals surface area contributed by atoms with Gasteiger partial charge in [0.1, 0.15) is 5.82 Å². The molecule has 1 rings (SSSR count). The fourth-order valence-electron chi connectivity index (χ4n) is 1.07. The molecule has 0 amide bonds. The normalized spacial score (nSPS) is 12.4. The summed E-state index contributed by atoms with van der Waals surface area (Å²) in [5.41, 5.74) is 0. The summed E-state index contributed by atoms with van der Waals surface area (Å²) in [6, 6.07) is 5.91. The van der Waals surface area contributed by atoms with Gasteiger partial charge in [0.15, 0.2) is 0 Å². The molecule has 1 aromatic heterocycles. The summed E-state index contributed by atoms with van der Waals surface area (Å²) in [5, 5.41) is 0. The number of anilines is 1. The molecule has 90 valence electrons. The van der Waals surface area contributed by atoms with Gasteiger partial charge in [0.2, 0.25) is 10.0 Å². The molecule has 0 saturated heterocycles. The topological polar surface area (TPSA) is 59.1 Å². The van der Waals surface area contributed by atoms with Crippen LogP contribution in [0.5, 0.6) is 0 Å². The zero-order valence-corrected chi connectivity index (χ0v) is 11.7. The van der Waals surface area contributed by atoms with Crippen LogP contribution in [0, 0.1) is 0 Å². The summed E-state index contributed by atoms with van der Waals surface area (Å²) in [6.07, 6.45) is 1.57. The van der Waals surface area contributed by atoms with Gasteiger partial charge in [-0.15, -0.1) is 0 Å². The van der Waals surface area contributed by atoms with Crippen LogP contribution in [-0.2, 0) is 10.0 Å². The average Bonchev–Trinajstić information content (AvgIpc) is 2.15. The summed E-state index contributed by atoms with van der Waals surface area (Å²) < 4.78 is 25.9. The summed E-state index contributed by atoms with van der Waals surface area (Å²) in [7, 11) is -4.57. The van der Waals surface area contributed by atoms with E-state index in [1.165, 1.54) is 0 Å². The van der Waals surface area contributed by atoms with Crippen molar-refractivity contribution in [3.63, 3.8) is 0 Å². The summed E-state index contributed by atoms with van der Waals surface area (Å²) >= 11 is 0. The molecule has 6 heteroatoms. The highest BCUT2D eigenvalue weighted by Crippen LogP contribution is 2.11. The molecule has 0 aliphatic rings. The third-order valence-corrected chi connectivity index (χ3v) is 5.42. The van der Waals surface area contributed by atoms with Crippen LogP contribution < -0.4 is 4.72 Å². The molecule has 1 heterocycles. The van der Waals surface area contributed by atoms with E-state index in [2.05, 4.69) is 29.3 Å². The Morgan fingerprint density at radius 2 is 2.00 bits per heavy atom. The molecular formula is C10H18N2O2SSi. The largest absolute Gasteiger partial charge is 0.267 e. The monoisotopic (exact) mass is 258 g/mol.